The Hall–Kier alpha value is -1.43. The highest BCUT2D eigenvalue weighted by molar-refractivity contribution is 14.0. The Balaban J connectivity index is 0.00000784. The fourth-order valence-corrected chi connectivity index (χ4v) is 3.47. The second-order valence-corrected chi connectivity index (χ2v) is 7.32. The summed E-state index contributed by atoms with van der Waals surface area (Å²) >= 11 is 1.34. The zero-order chi connectivity index (χ0) is 20.9. The van der Waals surface area contributed by atoms with Crippen LogP contribution in [0.25, 0.3) is 0 Å². The lowest BCUT2D eigenvalue weighted by molar-refractivity contribution is -0.140. The van der Waals surface area contributed by atoms with Crippen LogP contribution in [0.15, 0.2) is 4.99 Å². The number of aromatic nitrogens is 1. The fraction of sp³-hybridized carbons (Fsp3) is 0.684. The Labute approximate surface area is 194 Å². The molecule has 0 aromatic carbocycles. The molecule has 1 atom stereocenters. The molecule has 0 fully saturated rings. The standard InChI is InChI=1S/C19H32N4O4S.HI/c1-6-27-18(25)16-13(2)22-17(28-16)14(3)23-19(20-4)21-12-10-8-7-9-11-15(24)26-5;/h14H,6-12H2,1-5H3,(H2,20,21,23);1H. The maximum atomic E-state index is 11.9. The SMILES string of the molecule is CCOC(=O)c1sc(C(C)NC(=NC)NCCCCCCC(=O)OC)nc1C.I. The summed E-state index contributed by atoms with van der Waals surface area (Å²) in [6.07, 6.45) is 4.34. The average Bonchev–Trinajstić information content (AvgIpc) is 3.08. The molecule has 0 bridgehead atoms. The number of aliphatic imine (C=N–C) groups is 1. The number of guanidine groups is 1. The molecule has 0 spiro atoms. The number of hydrogen-bond acceptors (Lipinski definition) is 7. The summed E-state index contributed by atoms with van der Waals surface area (Å²) < 4.78 is 9.69. The van der Waals surface area contributed by atoms with E-state index in [1.54, 1.807) is 14.0 Å². The van der Waals surface area contributed by atoms with Gasteiger partial charge in [-0.05, 0) is 33.6 Å². The highest BCUT2D eigenvalue weighted by atomic mass is 127. The Morgan fingerprint density at radius 3 is 2.55 bits per heavy atom. The average molecular weight is 540 g/mol. The summed E-state index contributed by atoms with van der Waals surface area (Å²) in [4.78, 5) is 32.3. The van der Waals surface area contributed by atoms with Gasteiger partial charge in [0, 0.05) is 20.0 Å². The van der Waals surface area contributed by atoms with Crippen LogP contribution in [-0.4, -0.2) is 50.2 Å². The van der Waals surface area contributed by atoms with Crippen molar-refractivity contribution in [3.8, 4) is 0 Å². The molecule has 0 amide bonds. The Morgan fingerprint density at radius 1 is 1.24 bits per heavy atom. The minimum absolute atomic E-state index is 0. The van der Waals surface area contributed by atoms with Crippen LogP contribution in [0.1, 0.15) is 72.4 Å². The summed E-state index contributed by atoms with van der Waals surface area (Å²) in [5, 5.41) is 7.38. The van der Waals surface area contributed by atoms with Crippen LogP contribution >= 0.6 is 35.3 Å². The van der Waals surface area contributed by atoms with Crippen molar-refractivity contribution in [1.82, 2.24) is 15.6 Å². The molecule has 0 aliphatic rings. The van der Waals surface area contributed by atoms with Crippen LogP contribution in [0.4, 0.5) is 0 Å². The lowest BCUT2D eigenvalue weighted by atomic mass is 10.1. The van der Waals surface area contributed by atoms with Gasteiger partial charge in [0.15, 0.2) is 5.96 Å². The van der Waals surface area contributed by atoms with Gasteiger partial charge in [-0.1, -0.05) is 12.8 Å². The Morgan fingerprint density at radius 2 is 1.93 bits per heavy atom. The molecule has 1 heterocycles. The zero-order valence-electron chi connectivity index (χ0n) is 17.9. The van der Waals surface area contributed by atoms with Gasteiger partial charge in [0.1, 0.15) is 9.88 Å². The van der Waals surface area contributed by atoms with Crippen LogP contribution in [0.2, 0.25) is 0 Å². The maximum Gasteiger partial charge on any atom is 0.350 e. The third-order valence-electron chi connectivity index (χ3n) is 4.05. The first-order chi connectivity index (χ1) is 13.4. The summed E-state index contributed by atoms with van der Waals surface area (Å²) in [6, 6.07) is -0.0851. The number of halogens is 1. The molecule has 1 aromatic heterocycles. The Kier molecular flexibility index (Phi) is 14.7. The molecule has 8 nitrogen and oxygen atoms in total. The van der Waals surface area contributed by atoms with Crippen molar-refractivity contribution >= 4 is 53.2 Å². The van der Waals surface area contributed by atoms with E-state index in [1.165, 1.54) is 18.4 Å². The third kappa shape index (κ3) is 10.2. The van der Waals surface area contributed by atoms with Crippen molar-refractivity contribution in [3.05, 3.63) is 15.6 Å². The van der Waals surface area contributed by atoms with Gasteiger partial charge >= 0.3 is 11.9 Å². The van der Waals surface area contributed by atoms with Gasteiger partial charge in [-0.15, -0.1) is 35.3 Å². The third-order valence-corrected chi connectivity index (χ3v) is 5.37. The first kappa shape index (κ1) is 27.6. The Bertz CT molecular complexity index is 667. The number of nitrogens with zero attached hydrogens (tertiary/aromatic N) is 2. The molecular weight excluding hydrogens is 507 g/mol. The second-order valence-electron chi connectivity index (χ2n) is 6.29. The van der Waals surface area contributed by atoms with Crippen LogP contribution in [0, 0.1) is 6.92 Å². The number of ether oxygens (including phenoxy) is 2. The predicted octanol–water partition coefficient (Wildman–Crippen LogP) is 3.60. The number of thiazole rings is 1. The molecule has 0 saturated heterocycles. The van der Waals surface area contributed by atoms with Crippen LogP contribution in [0.3, 0.4) is 0 Å². The summed E-state index contributed by atoms with van der Waals surface area (Å²) in [6.45, 7) is 6.71. The first-order valence-electron chi connectivity index (χ1n) is 9.61. The normalized spacial score (nSPS) is 12.0. The van der Waals surface area contributed by atoms with E-state index in [4.69, 9.17) is 4.74 Å². The van der Waals surface area contributed by atoms with Crippen molar-refractivity contribution < 1.29 is 19.1 Å². The van der Waals surface area contributed by atoms with E-state index in [0.29, 0.717) is 29.6 Å². The highest BCUT2D eigenvalue weighted by Gasteiger charge is 2.20. The number of hydrogen-bond donors (Lipinski definition) is 2. The minimum atomic E-state index is -0.328. The van der Waals surface area contributed by atoms with Gasteiger partial charge in [0.05, 0.1) is 25.5 Å². The van der Waals surface area contributed by atoms with Crippen molar-refractivity contribution in [2.45, 2.75) is 58.9 Å². The van der Waals surface area contributed by atoms with Crippen LogP contribution in [-0.2, 0) is 14.3 Å². The lowest BCUT2D eigenvalue weighted by Crippen LogP contribution is -2.39. The monoisotopic (exact) mass is 540 g/mol. The van der Waals surface area contributed by atoms with Crippen molar-refractivity contribution in [1.29, 1.82) is 0 Å². The number of nitrogens with one attached hydrogen (secondary N) is 2. The van der Waals surface area contributed by atoms with E-state index in [2.05, 4.69) is 25.3 Å². The smallest absolute Gasteiger partial charge is 0.350 e. The molecule has 1 aromatic rings. The van der Waals surface area contributed by atoms with E-state index < -0.39 is 0 Å². The molecular formula is C19H33IN4O4S. The highest BCUT2D eigenvalue weighted by Crippen LogP contribution is 2.24. The largest absolute Gasteiger partial charge is 0.469 e. The molecule has 0 saturated carbocycles. The van der Waals surface area contributed by atoms with Gasteiger partial charge in [-0.25, -0.2) is 9.78 Å². The van der Waals surface area contributed by atoms with E-state index in [1.807, 2.05) is 13.8 Å². The maximum absolute atomic E-state index is 11.9. The minimum Gasteiger partial charge on any atom is -0.469 e. The quantitative estimate of drug-likeness (QED) is 0.145. The molecule has 10 heteroatoms. The molecule has 0 aliphatic carbocycles. The number of carbonyl (C=O) groups is 2. The van der Waals surface area contributed by atoms with E-state index >= 15 is 0 Å². The van der Waals surface area contributed by atoms with Crippen LogP contribution in [0.5, 0.6) is 0 Å². The van der Waals surface area contributed by atoms with E-state index in [0.717, 1.165) is 37.2 Å². The molecule has 29 heavy (non-hydrogen) atoms. The molecule has 1 rings (SSSR count). The predicted molar refractivity (Wildman–Crippen MR) is 126 cm³/mol. The second kappa shape index (κ2) is 15.4. The molecule has 0 radical (unpaired) electrons. The van der Waals surface area contributed by atoms with E-state index in [9.17, 15) is 9.59 Å². The van der Waals surface area contributed by atoms with Crippen molar-refractivity contribution in [3.63, 3.8) is 0 Å². The summed E-state index contributed by atoms with van der Waals surface area (Å²) in [7, 11) is 3.13. The molecule has 166 valence electrons. The van der Waals surface area contributed by atoms with E-state index in [-0.39, 0.29) is 42.0 Å². The number of carbonyl (C=O) groups excluding carboxylic acids is 2. The zero-order valence-corrected chi connectivity index (χ0v) is 21.0. The molecule has 2 N–H and O–H groups in total. The lowest BCUT2D eigenvalue weighted by Gasteiger charge is -2.16. The number of methoxy groups -OCH3 is 1. The van der Waals surface area contributed by atoms with Crippen molar-refractivity contribution in [2.24, 2.45) is 4.99 Å². The number of aryl methyl sites for hydroxylation is 1. The van der Waals surface area contributed by atoms with Crippen LogP contribution < -0.4 is 10.6 Å². The summed E-state index contributed by atoms with van der Waals surface area (Å²) in [5.74, 6) is 0.207. The molecule has 0 aliphatic heterocycles. The molecule has 1 unspecified atom stereocenters. The van der Waals surface area contributed by atoms with Crippen molar-refractivity contribution in [2.75, 3.05) is 27.3 Å². The fourth-order valence-electron chi connectivity index (χ4n) is 2.51. The van der Waals surface area contributed by atoms with Gasteiger partial charge < -0.3 is 20.1 Å². The number of esters is 2. The number of unbranched alkanes of at least 4 members (excludes halogenated alkanes) is 3. The van der Waals surface area contributed by atoms with Gasteiger partial charge in [-0.3, -0.25) is 9.79 Å². The van der Waals surface area contributed by atoms with Gasteiger partial charge in [0.25, 0.3) is 0 Å². The number of rotatable bonds is 11. The summed E-state index contributed by atoms with van der Waals surface area (Å²) in [5.41, 5.74) is 0.682. The topological polar surface area (TPSA) is 102 Å². The first-order valence-corrected chi connectivity index (χ1v) is 10.4. The van der Waals surface area contributed by atoms with Gasteiger partial charge in [0.2, 0.25) is 0 Å². The van der Waals surface area contributed by atoms with Gasteiger partial charge in [-0.2, -0.15) is 0 Å².